The van der Waals surface area contributed by atoms with E-state index < -0.39 is 0 Å². The Morgan fingerprint density at radius 2 is 2.20 bits per heavy atom. The molecule has 1 N–H and O–H groups in total. The van der Waals surface area contributed by atoms with E-state index in [9.17, 15) is 0 Å². The van der Waals surface area contributed by atoms with Gasteiger partial charge >= 0.3 is 0 Å². The maximum atomic E-state index is 6.17. The average Bonchev–Trinajstić information content (AvgIpc) is 3.04. The van der Waals surface area contributed by atoms with Crippen LogP contribution < -0.4 is 0 Å². The quantitative estimate of drug-likeness (QED) is 0.906. The Kier molecular flexibility index (Phi) is 2.93. The summed E-state index contributed by atoms with van der Waals surface area (Å²) in [6.07, 6.45) is 9.82. The third-order valence-electron chi connectivity index (χ3n) is 4.16. The molecule has 0 amide bonds. The second-order valence-corrected chi connectivity index (χ2v) is 5.67. The lowest BCUT2D eigenvalue weighted by atomic mass is 9.94. The van der Waals surface area contributed by atoms with Crippen LogP contribution in [0.3, 0.4) is 0 Å². The zero-order chi connectivity index (χ0) is 13.4. The highest BCUT2D eigenvalue weighted by atomic mass is 16.7. The number of fused-ring (bicyclic) bond motifs is 1. The van der Waals surface area contributed by atoms with Gasteiger partial charge in [-0.25, -0.2) is 15.0 Å². The van der Waals surface area contributed by atoms with Crippen LogP contribution in [0.15, 0.2) is 12.5 Å². The molecule has 2 aliphatic rings. The minimum atomic E-state index is -0.311. The van der Waals surface area contributed by atoms with Crippen molar-refractivity contribution in [2.75, 3.05) is 6.61 Å². The van der Waals surface area contributed by atoms with Crippen molar-refractivity contribution in [3.63, 3.8) is 0 Å². The number of hydrogen-bond acceptors (Lipinski definition) is 5. The average molecular weight is 274 g/mol. The van der Waals surface area contributed by atoms with E-state index in [1.54, 1.807) is 6.20 Å². The third kappa shape index (κ3) is 2.19. The molecular weight excluding hydrogens is 256 g/mol. The summed E-state index contributed by atoms with van der Waals surface area (Å²) in [5, 5.41) is 0. The summed E-state index contributed by atoms with van der Waals surface area (Å²) >= 11 is 0. The largest absolute Gasteiger partial charge is 0.347 e. The summed E-state index contributed by atoms with van der Waals surface area (Å²) in [6, 6.07) is 0. The lowest BCUT2D eigenvalue weighted by molar-refractivity contribution is -0.186. The minimum absolute atomic E-state index is 0.0848. The number of nitrogens with one attached hydrogen (secondary N) is 1. The topological polar surface area (TPSA) is 72.9 Å². The Hall–Kier alpha value is -1.53. The van der Waals surface area contributed by atoms with Gasteiger partial charge in [-0.1, -0.05) is 6.42 Å². The van der Waals surface area contributed by atoms with E-state index in [0.717, 1.165) is 30.6 Å². The maximum absolute atomic E-state index is 6.17. The Labute approximate surface area is 116 Å². The second kappa shape index (κ2) is 4.79. The summed E-state index contributed by atoms with van der Waals surface area (Å²) in [5.41, 5.74) is 1.58. The van der Waals surface area contributed by atoms with Crippen molar-refractivity contribution in [3.05, 3.63) is 18.3 Å². The summed E-state index contributed by atoms with van der Waals surface area (Å²) in [4.78, 5) is 15.8. The molecule has 3 heterocycles. The summed E-state index contributed by atoms with van der Waals surface area (Å²) in [5.74, 6) is 0.580. The van der Waals surface area contributed by atoms with Gasteiger partial charge in [0, 0.05) is 19.3 Å². The molecule has 106 valence electrons. The molecular formula is C14H18N4O2. The predicted molar refractivity (Wildman–Crippen MR) is 72.0 cm³/mol. The number of imidazole rings is 1. The molecule has 6 heteroatoms. The Morgan fingerprint density at radius 3 is 3.05 bits per heavy atom. The first-order chi connectivity index (χ1) is 9.83. The van der Waals surface area contributed by atoms with E-state index in [1.165, 1.54) is 25.6 Å². The van der Waals surface area contributed by atoms with Crippen LogP contribution in [0.5, 0.6) is 0 Å². The van der Waals surface area contributed by atoms with Crippen LogP contribution in [0.2, 0.25) is 0 Å². The number of ether oxygens (including phenoxy) is 2. The molecule has 6 nitrogen and oxygen atoms in total. The first-order valence-corrected chi connectivity index (χ1v) is 7.29. The van der Waals surface area contributed by atoms with Crippen molar-refractivity contribution in [2.45, 2.75) is 50.4 Å². The molecule has 1 saturated carbocycles. The van der Waals surface area contributed by atoms with E-state index in [-0.39, 0.29) is 11.9 Å². The second-order valence-electron chi connectivity index (χ2n) is 5.67. The van der Waals surface area contributed by atoms with Gasteiger partial charge in [-0.3, -0.25) is 0 Å². The molecule has 0 aromatic carbocycles. The van der Waals surface area contributed by atoms with Gasteiger partial charge < -0.3 is 14.5 Å². The van der Waals surface area contributed by atoms with E-state index in [2.05, 4.69) is 19.9 Å². The predicted octanol–water partition coefficient (Wildman–Crippen LogP) is 1.97. The minimum Gasteiger partial charge on any atom is -0.347 e. The number of aromatic amines is 1. The Morgan fingerprint density at radius 1 is 1.30 bits per heavy atom. The van der Waals surface area contributed by atoms with Crippen LogP contribution in [0, 0.1) is 0 Å². The number of hydrogen-bond donors (Lipinski definition) is 1. The smallest absolute Gasteiger partial charge is 0.180 e. The summed E-state index contributed by atoms with van der Waals surface area (Å²) in [7, 11) is 0. The molecule has 4 rings (SSSR count). The lowest BCUT2D eigenvalue weighted by Gasteiger charge is -2.31. The van der Waals surface area contributed by atoms with Crippen molar-refractivity contribution in [1.82, 2.24) is 19.9 Å². The van der Waals surface area contributed by atoms with Gasteiger partial charge in [0.05, 0.1) is 18.9 Å². The van der Waals surface area contributed by atoms with Crippen molar-refractivity contribution in [2.24, 2.45) is 0 Å². The number of nitrogens with zero attached hydrogens (tertiary/aromatic N) is 3. The summed E-state index contributed by atoms with van der Waals surface area (Å²) in [6.45, 7) is 0.655. The molecule has 1 atom stereocenters. The number of rotatable bonds is 2. The van der Waals surface area contributed by atoms with Gasteiger partial charge in [0.15, 0.2) is 11.4 Å². The van der Waals surface area contributed by atoms with Crippen LogP contribution in [-0.4, -0.2) is 38.4 Å². The van der Waals surface area contributed by atoms with Crippen LogP contribution in [0.25, 0.3) is 11.2 Å². The number of H-pyrrole nitrogens is 1. The molecule has 2 aromatic heterocycles. The van der Waals surface area contributed by atoms with Gasteiger partial charge in [0.2, 0.25) is 0 Å². The van der Waals surface area contributed by atoms with Crippen molar-refractivity contribution >= 4 is 11.2 Å². The van der Waals surface area contributed by atoms with E-state index >= 15 is 0 Å². The van der Waals surface area contributed by atoms with E-state index in [1.807, 2.05) is 0 Å². The van der Waals surface area contributed by atoms with Crippen LogP contribution in [0.4, 0.5) is 0 Å². The lowest BCUT2D eigenvalue weighted by Crippen LogP contribution is -2.33. The van der Waals surface area contributed by atoms with Gasteiger partial charge in [-0.05, 0) is 12.8 Å². The normalized spacial score (nSPS) is 25.5. The molecule has 0 radical (unpaired) electrons. The fourth-order valence-corrected chi connectivity index (χ4v) is 3.19. The molecule has 1 saturated heterocycles. The zero-order valence-corrected chi connectivity index (χ0v) is 11.3. The van der Waals surface area contributed by atoms with Gasteiger partial charge in [0.25, 0.3) is 0 Å². The first kappa shape index (κ1) is 12.2. The Bertz CT molecular complexity index is 573. The molecule has 1 unspecified atom stereocenters. The van der Waals surface area contributed by atoms with E-state index in [4.69, 9.17) is 9.47 Å². The highest BCUT2D eigenvalue weighted by molar-refractivity contribution is 5.68. The third-order valence-corrected chi connectivity index (χ3v) is 4.16. The fourth-order valence-electron chi connectivity index (χ4n) is 3.19. The monoisotopic (exact) mass is 274 g/mol. The van der Waals surface area contributed by atoms with Crippen molar-refractivity contribution in [3.8, 4) is 0 Å². The van der Waals surface area contributed by atoms with Gasteiger partial charge in [-0.2, -0.15) is 0 Å². The molecule has 1 aliphatic heterocycles. The van der Waals surface area contributed by atoms with Crippen molar-refractivity contribution < 1.29 is 9.47 Å². The summed E-state index contributed by atoms with van der Waals surface area (Å²) < 4.78 is 12.1. The van der Waals surface area contributed by atoms with Crippen LogP contribution >= 0.6 is 0 Å². The molecule has 2 aromatic rings. The fraction of sp³-hybridized carbons (Fsp3) is 0.643. The van der Waals surface area contributed by atoms with Crippen LogP contribution in [0.1, 0.15) is 37.9 Å². The Balaban J connectivity index is 1.47. The SMILES string of the molecule is c1ncc2[nH]c(CC3COC4(CCCCC4)O3)nc2n1. The molecule has 1 aliphatic carbocycles. The number of aromatic nitrogens is 4. The van der Waals surface area contributed by atoms with Gasteiger partial charge in [0.1, 0.15) is 17.7 Å². The first-order valence-electron chi connectivity index (χ1n) is 7.29. The molecule has 0 bridgehead atoms. The standard InChI is InChI=1S/C14H18N4O2/c1-2-4-14(5-3-1)19-8-10(20-14)6-12-17-11-7-15-9-16-13(11)18-12/h7,9-10H,1-6,8H2,(H,15,16,17,18). The van der Waals surface area contributed by atoms with Crippen LogP contribution in [-0.2, 0) is 15.9 Å². The molecule has 2 fully saturated rings. The van der Waals surface area contributed by atoms with Gasteiger partial charge in [-0.15, -0.1) is 0 Å². The zero-order valence-electron chi connectivity index (χ0n) is 11.3. The van der Waals surface area contributed by atoms with Crippen molar-refractivity contribution in [1.29, 1.82) is 0 Å². The highest BCUT2D eigenvalue weighted by Crippen LogP contribution is 2.38. The van der Waals surface area contributed by atoms with E-state index in [0.29, 0.717) is 12.3 Å². The molecule has 20 heavy (non-hydrogen) atoms. The maximum Gasteiger partial charge on any atom is 0.180 e. The highest BCUT2D eigenvalue weighted by Gasteiger charge is 2.42. The molecule has 1 spiro atoms.